The number of aliphatic carboxylic acids is 1. The molecule has 1 atom stereocenters. The Morgan fingerprint density at radius 3 is 1.56 bits per heavy atom. The van der Waals surface area contributed by atoms with Crippen molar-refractivity contribution in [2.75, 3.05) is 0 Å². The van der Waals surface area contributed by atoms with Gasteiger partial charge in [-0.1, -0.05) is 0 Å². The largest absolute Gasteiger partial charge is 2.00 e. The molecule has 0 bridgehead atoms. The van der Waals surface area contributed by atoms with Crippen LogP contribution in [0.25, 0.3) is 0 Å². The number of carboxylic acids is 1. The molecule has 9 heavy (non-hydrogen) atoms. The van der Waals surface area contributed by atoms with E-state index in [1.165, 1.54) is 6.92 Å². The molecule has 6 heteroatoms. The predicted molar refractivity (Wildman–Crippen MR) is 43.3 cm³/mol. The molecule has 0 aromatic rings. The molecule has 0 aliphatic carbocycles. The topological polar surface area (TPSA) is 57.5 Å². The summed E-state index contributed by atoms with van der Waals surface area (Å²) >= 11 is 0. The standard InChI is InChI=1S/C3H6O3.3Ca.6H/c1-2(4)3(5)6;;;;;;;;;/h2,4H,1H3,(H,5,6);;;;;;;;;/q;3*+2;6*-1. The predicted octanol–water partition coefficient (Wildman–Crippen LogP) is -1.02. The van der Waals surface area contributed by atoms with E-state index in [4.69, 9.17) is 10.2 Å². The first-order valence-corrected chi connectivity index (χ1v) is 1.55. The van der Waals surface area contributed by atoms with E-state index >= 15 is 0 Å². The maximum absolute atomic E-state index is 9.45. The summed E-state index contributed by atoms with van der Waals surface area (Å²) in [6, 6.07) is 0. The third-order valence-electron chi connectivity index (χ3n) is 0.357. The molecule has 0 saturated carbocycles. The SMILES string of the molecule is CC(O)C(=O)O.[Ca+2].[Ca+2].[Ca+2].[H-].[H-].[H-].[H-].[H-].[H-]. The molecule has 0 heterocycles. The second kappa shape index (κ2) is 13.8. The van der Waals surface area contributed by atoms with Crippen molar-refractivity contribution >= 4 is 119 Å². The Morgan fingerprint density at radius 2 is 1.56 bits per heavy atom. The maximum atomic E-state index is 9.45. The number of carbonyl (C=O) groups is 1. The van der Waals surface area contributed by atoms with Gasteiger partial charge in [0.1, 0.15) is 6.10 Å². The molecule has 0 rings (SSSR count). The van der Waals surface area contributed by atoms with Crippen LogP contribution in [0.2, 0.25) is 0 Å². The van der Waals surface area contributed by atoms with Crippen molar-refractivity contribution < 1.29 is 23.6 Å². The summed E-state index contributed by atoms with van der Waals surface area (Å²) in [6.45, 7) is 1.20. The number of carboxylic acid groups (broad SMARTS) is 1. The smallest absolute Gasteiger partial charge is 1.00 e. The van der Waals surface area contributed by atoms with E-state index in [2.05, 4.69) is 0 Å². The summed E-state index contributed by atoms with van der Waals surface area (Å²) in [7, 11) is 0. The van der Waals surface area contributed by atoms with Gasteiger partial charge in [-0.05, 0) is 6.92 Å². The van der Waals surface area contributed by atoms with Crippen molar-refractivity contribution in [1.29, 1.82) is 0 Å². The summed E-state index contributed by atoms with van der Waals surface area (Å²) in [5, 5.41) is 15.8. The van der Waals surface area contributed by atoms with Crippen LogP contribution in [0, 0.1) is 0 Å². The maximum Gasteiger partial charge on any atom is 2.00 e. The van der Waals surface area contributed by atoms with Gasteiger partial charge < -0.3 is 18.8 Å². The minimum Gasteiger partial charge on any atom is -1.00 e. The van der Waals surface area contributed by atoms with Gasteiger partial charge in [0, 0.05) is 0 Å². The molecule has 3 nitrogen and oxygen atoms in total. The van der Waals surface area contributed by atoms with Crippen molar-refractivity contribution in [3.63, 3.8) is 0 Å². The Labute approximate surface area is 152 Å². The second-order valence-corrected chi connectivity index (χ2v) is 1.01. The molecule has 0 aromatic carbocycles. The molecule has 0 radical (unpaired) electrons. The molecule has 0 fully saturated rings. The number of aliphatic hydroxyl groups is 1. The minimum absolute atomic E-state index is 0. The Hall–Kier alpha value is 3.21. The van der Waals surface area contributed by atoms with Crippen molar-refractivity contribution in [3.05, 3.63) is 0 Å². The van der Waals surface area contributed by atoms with Gasteiger partial charge in [0.25, 0.3) is 0 Å². The van der Waals surface area contributed by atoms with Crippen LogP contribution in [0.5, 0.6) is 0 Å². The number of hydrogen-bond donors (Lipinski definition) is 2. The fraction of sp³-hybridized carbons (Fsp3) is 0.667. The molecular weight excluding hydrogens is 204 g/mol. The van der Waals surface area contributed by atoms with E-state index in [9.17, 15) is 4.79 Å². The Kier molecular flexibility index (Phi) is 34.8. The molecule has 0 aromatic heterocycles. The summed E-state index contributed by atoms with van der Waals surface area (Å²) in [4.78, 5) is 9.45. The Morgan fingerprint density at radius 1 is 1.44 bits per heavy atom. The fourth-order valence-corrected chi connectivity index (χ4v) is 0. The van der Waals surface area contributed by atoms with Gasteiger partial charge in [-0.15, -0.1) is 0 Å². The van der Waals surface area contributed by atoms with Crippen molar-refractivity contribution in [2.45, 2.75) is 13.0 Å². The first-order valence-electron chi connectivity index (χ1n) is 1.55. The van der Waals surface area contributed by atoms with E-state index in [0.717, 1.165) is 0 Å². The number of hydrogen-bond acceptors (Lipinski definition) is 2. The molecular formula is C3H12Ca3O3. The first-order chi connectivity index (χ1) is 2.64. The van der Waals surface area contributed by atoms with Crippen LogP contribution < -0.4 is 0 Å². The normalized spacial score (nSPS) is 9.11. The Bertz CT molecular complexity index is 79.9. The zero-order chi connectivity index (χ0) is 5.15. The third-order valence-corrected chi connectivity index (χ3v) is 0.357. The zero-order valence-corrected chi connectivity index (χ0v) is 12.1. The Balaban J connectivity index is -0.00000000347. The molecule has 2 N–H and O–H groups in total. The van der Waals surface area contributed by atoms with E-state index < -0.39 is 12.1 Å². The molecule has 0 saturated heterocycles. The van der Waals surface area contributed by atoms with Crippen molar-refractivity contribution in [2.24, 2.45) is 0 Å². The monoisotopic (exact) mass is 216 g/mol. The number of aliphatic hydroxyl groups excluding tert-OH is 1. The van der Waals surface area contributed by atoms with E-state index in [1.54, 1.807) is 0 Å². The van der Waals surface area contributed by atoms with Gasteiger partial charge in [-0.2, -0.15) is 0 Å². The molecule has 0 aliphatic rings. The number of rotatable bonds is 1. The summed E-state index contributed by atoms with van der Waals surface area (Å²) in [5.41, 5.74) is 0. The molecule has 48 valence electrons. The molecule has 1 unspecified atom stereocenters. The molecule has 0 amide bonds. The van der Waals surface area contributed by atoms with Gasteiger partial charge >= 0.3 is 119 Å². The quantitative estimate of drug-likeness (QED) is 0.552. The second-order valence-electron chi connectivity index (χ2n) is 1.01. The van der Waals surface area contributed by atoms with E-state index in [0.29, 0.717) is 0 Å². The van der Waals surface area contributed by atoms with Gasteiger partial charge in [-0.3, -0.25) is 0 Å². The average molecular weight is 216 g/mol. The summed E-state index contributed by atoms with van der Waals surface area (Å²) in [5.74, 6) is -1.19. The van der Waals surface area contributed by atoms with Crippen LogP contribution in [-0.2, 0) is 4.79 Å². The minimum atomic E-state index is -1.23. The van der Waals surface area contributed by atoms with Crippen LogP contribution in [-0.4, -0.2) is 136 Å². The van der Waals surface area contributed by atoms with Gasteiger partial charge in [-0.25, -0.2) is 4.79 Å². The van der Waals surface area contributed by atoms with Crippen LogP contribution in [0.15, 0.2) is 0 Å². The van der Waals surface area contributed by atoms with Crippen LogP contribution in [0.1, 0.15) is 15.5 Å². The zero-order valence-electron chi connectivity index (χ0n) is 11.5. The summed E-state index contributed by atoms with van der Waals surface area (Å²) in [6.07, 6.45) is -1.23. The van der Waals surface area contributed by atoms with Gasteiger partial charge in [0.15, 0.2) is 0 Å². The van der Waals surface area contributed by atoms with Gasteiger partial charge in [0.2, 0.25) is 0 Å². The van der Waals surface area contributed by atoms with Crippen LogP contribution in [0.4, 0.5) is 0 Å². The first kappa shape index (κ1) is 22.8. The summed E-state index contributed by atoms with van der Waals surface area (Å²) < 4.78 is 0. The van der Waals surface area contributed by atoms with E-state index in [-0.39, 0.29) is 122 Å². The average Bonchev–Trinajstić information content (AvgIpc) is 1.36. The van der Waals surface area contributed by atoms with Crippen molar-refractivity contribution in [1.82, 2.24) is 0 Å². The molecule has 0 aliphatic heterocycles. The third kappa shape index (κ3) is 18.3. The van der Waals surface area contributed by atoms with Crippen LogP contribution in [0.3, 0.4) is 0 Å². The van der Waals surface area contributed by atoms with Crippen LogP contribution >= 0.6 is 0 Å². The van der Waals surface area contributed by atoms with E-state index in [1.807, 2.05) is 0 Å². The fourth-order valence-electron chi connectivity index (χ4n) is 0. The van der Waals surface area contributed by atoms with Crippen molar-refractivity contribution in [3.8, 4) is 0 Å². The van der Waals surface area contributed by atoms with Gasteiger partial charge in [0.05, 0.1) is 0 Å². The molecule has 0 spiro atoms.